The van der Waals surface area contributed by atoms with Crippen molar-refractivity contribution in [3.05, 3.63) is 82.1 Å². The van der Waals surface area contributed by atoms with Gasteiger partial charge in [0.25, 0.3) is 0 Å². The van der Waals surface area contributed by atoms with Crippen molar-refractivity contribution in [2.45, 2.75) is 44.3 Å². The van der Waals surface area contributed by atoms with Gasteiger partial charge in [-0.25, -0.2) is 0 Å². The van der Waals surface area contributed by atoms with Gasteiger partial charge in [-0.1, -0.05) is 42.8 Å². The first-order valence-electron chi connectivity index (χ1n) is 12.3. The van der Waals surface area contributed by atoms with Crippen LogP contribution in [0.3, 0.4) is 0 Å². The highest BCUT2D eigenvalue weighted by atomic mass is 16.5. The predicted molar refractivity (Wildman–Crippen MR) is 133 cm³/mol. The molecule has 0 fully saturated rings. The number of carbonyl (C=O) groups is 2. The summed E-state index contributed by atoms with van der Waals surface area (Å²) in [6, 6.07) is 13.5. The molecule has 2 heterocycles. The number of Topliss-reactive ketones (excluding diaryl/α,β-unsaturated/α-hetero) is 1. The summed E-state index contributed by atoms with van der Waals surface area (Å²) in [5.74, 6) is 0.0853. The second-order valence-corrected chi connectivity index (χ2v) is 10.0. The number of hydrogen-bond donors (Lipinski definition) is 3. The molecule has 2 aromatic carbocycles. The fourth-order valence-corrected chi connectivity index (χ4v) is 5.64. The van der Waals surface area contributed by atoms with Gasteiger partial charge < -0.3 is 29.5 Å². The Balaban J connectivity index is 1.31. The van der Waals surface area contributed by atoms with Crippen molar-refractivity contribution in [3.8, 4) is 11.5 Å². The van der Waals surface area contributed by atoms with Crippen molar-refractivity contribution in [2.24, 2.45) is 5.92 Å². The summed E-state index contributed by atoms with van der Waals surface area (Å²) in [5.41, 5.74) is 2.77. The highest BCUT2D eigenvalue weighted by Gasteiger charge is 2.52. The number of ketones is 1. The van der Waals surface area contributed by atoms with Crippen LogP contribution in [0, 0.1) is 5.92 Å². The first-order valence-corrected chi connectivity index (χ1v) is 12.3. The molecule has 3 N–H and O–H groups in total. The van der Waals surface area contributed by atoms with E-state index in [2.05, 4.69) is 6.07 Å². The summed E-state index contributed by atoms with van der Waals surface area (Å²) in [6.45, 7) is 3.46. The second-order valence-electron chi connectivity index (χ2n) is 10.0. The van der Waals surface area contributed by atoms with Gasteiger partial charge in [-0.15, -0.1) is 0 Å². The number of aliphatic hydroxyl groups excluding tert-OH is 2. The maximum atomic E-state index is 13.1. The van der Waals surface area contributed by atoms with Crippen LogP contribution in [-0.2, 0) is 20.9 Å². The van der Waals surface area contributed by atoms with E-state index < -0.39 is 24.8 Å². The average Bonchev–Trinajstić information content (AvgIpc) is 3.40. The number of ether oxygens (including phenoxy) is 3. The molecule has 0 bridgehead atoms. The molecule has 3 atom stereocenters. The number of carboxylic acid groups (broad SMARTS) is 1. The van der Waals surface area contributed by atoms with Crippen molar-refractivity contribution in [2.75, 3.05) is 19.8 Å². The van der Waals surface area contributed by atoms with Crippen LogP contribution in [0.4, 0.5) is 0 Å². The lowest BCUT2D eigenvalue weighted by molar-refractivity contribution is -0.139. The molecule has 0 radical (unpaired) electrons. The zero-order valence-corrected chi connectivity index (χ0v) is 20.8. The number of carbonyl (C=O) groups excluding carboxylic acids is 1. The summed E-state index contributed by atoms with van der Waals surface area (Å²) >= 11 is 0. The lowest BCUT2D eigenvalue weighted by Gasteiger charge is -2.29. The largest absolute Gasteiger partial charge is 0.492 e. The first-order chi connectivity index (χ1) is 17.8. The quantitative estimate of drug-likeness (QED) is 0.498. The van der Waals surface area contributed by atoms with Crippen molar-refractivity contribution in [1.82, 2.24) is 0 Å². The number of carboxylic acids is 1. The van der Waals surface area contributed by atoms with Crippen LogP contribution in [0.25, 0.3) is 0 Å². The minimum Gasteiger partial charge on any atom is -0.492 e. The molecule has 8 heteroatoms. The van der Waals surface area contributed by atoms with Gasteiger partial charge in [0.15, 0.2) is 0 Å². The summed E-state index contributed by atoms with van der Waals surface area (Å²) in [6.07, 6.45) is 1.86. The summed E-state index contributed by atoms with van der Waals surface area (Å²) in [7, 11) is 0. The minimum atomic E-state index is -1.62. The Bertz CT molecular complexity index is 1300. The third kappa shape index (κ3) is 4.40. The van der Waals surface area contributed by atoms with E-state index in [9.17, 15) is 19.8 Å². The van der Waals surface area contributed by atoms with Crippen molar-refractivity contribution < 1.29 is 39.1 Å². The Morgan fingerprint density at radius 3 is 2.68 bits per heavy atom. The Kier molecular flexibility index (Phi) is 6.56. The average molecular weight is 507 g/mol. The van der Waals surface area contributed by atoms with E-state index in [1.807, 2.05) is 50.3 Å². The first kappa shape index (κ1) is 25.0. The number of rotatable bonds is 8. The fraction of sp³-hybridized carbons (Fsp3) is 0.379. The molecule has 0 saturated carbocycles. The highest BCUT2D eigenvalue weighted by molar-refractivity contribution is 6.06. The van der Waals surface area contributed by atoms with Crippen molar-refractivity contribution in [1.29, 1.82) is 0 Å². The van der Waals surface area contributed by atoms with Gasteiger partial charge in [0, 0.05) is 29.0 Å². The molecule has 37 heavy (non-hydrogen) atoms. The molecule has 2 aromatic rings. The van der Waals surface area contributed by atoms with Crippen LogP contribution in [0.15, 0.2) is 65.4 Å². The van der Waals surface area contributed by atoms with E-state index in [0.29, 0.717) is 36.0 Å². The monoisotopic (exact) mass is 506 g/mol. The number of hydrogen-bond acceptors (Lipinski definition) is 7. The third-order valence-corrected chi connectivity index (χ3v) is 7.55. The van der Waals surface area contributed by atoms with Gasteiger partial charge >= 0.3 is 5.97 Å². The van der Waals surface area contributed by atoms with Crippen LogP contribution in [0.1, 0.15) is 48.8 Å². The normalized spacial score (nSPS) is 23.6. The molecule has 8 nitrogen and oxygen atoms in total. The fourth-order valence-electron chi connectivity index (χ4n) is 5.64. The number of aliphatic carboxylic acids is 1. The second kappa shape index (κ2) is 9.68. The van der Waals surface area contributed by atoms with E-state index >= 15 is 0 Å². The Labute approximate surface area is 214 Å². The predicted octanol–water partition coefficient (Wildman–Crippen LogP) is 3.47. The Hall–Kier alpha value is -3.62. The number of fused-ring (bicyclic) bond motifs is 1. The van der Waals surface area contributed by atoms with Crippen LogP contribution in [-0.4, -0.2) is 52.5 Å². The molecule has 3 aliphatic rings. The standard InChI is InChI=1S/C29H30O8/c1-16-8-24-27(28(34)29(14-30,15-31)37-24)17(2)26(16)19-5-3-4-18(9-19)12-35-21-6-7-22-20(10-25(32)33)13-36-23(22)11-21/h3-9,11,17,20,26,30-31H,10,12-15H2,1-2H3,(H,32,33)/t17?,20-,26?/m1/s1. The summed E-state index contributed by atoms with van der Waals surface area (Å²) in [4.78, 5) is 24.2. The topological polar surface area (TPSA) is 123 Å². The lowest BCUT2D eigenvalue weighted by Crippen LogP contribution is -2.45. The van der Waals surface area contributed by atoms with Gasteiger partial charge in [-0.05, 0) is 36.1 Å². The zero-order valence-electron chi connectivity index (χ0n) is 20.8. The maximum Gasteiger partial charge on any atom is 0.304 e. The third-order valence-electron chi connectivity index (χ3n) is 7.55. The molecule has 0 saturated heterocycles. The van der Waals surface area contributed by atoms with E-state index in [0.717, 1.165) is 22.3 Å². The summed E-state index contributed by atoms with van der Waals surface area (Å²) in [5, 5.41) is 28.6. The molecule has 0 aromatic heterocycles. The van der Waals surface area contributed by atoms with E-state index in [1.165, 1.54) is 0 Å². The molecule has 0 amide bonds. The smallest absolute Gasteiger partial charge is 0.304 e. The van der Waals surface area contributed by atoms with Crippen LogP contribution in [0.2, 0.25) is 0 Å². The molecular formula is C29H30O8. The van der Waals surface area contributed by atoms with Gasteiger partial charge in [0.2, 0.25) is 11.4 Å². The van der Waals surface area contributed by atoms with Crippen LogP contribution in [0.5, 0.6) is 11.5 Å². The molecular weight excluding hydrogens is 476 g/mol. The lowest BCUT2D eigenvalue weighted by atomic mass is 9.72. The van der Waals surface area contributed by atoms with Crippen LogP contribution < -0.4 is 9.47 Å². The Morgan fingerprint density at radius 2 is 1.95 bits per heavy atom. The highest BCUT2D eigenvalue weighted by Crippen LogP contribution is 2.47. The maximum absolute atomic E-state index is 13.1. The zero-order chi connectivity index (χ0) is 26.3. The van der Waals surface area contributed by atoms with Gasteiger partial charge in [-0.2, -0.15) is 0 Å². The number of allylic oxidation sites excluding steroid dienone is 2. The van der Waals surface area contributed by atoms with Gasteiger partial charge in [0.1, 0.15) is 23.9 Å². The van der Waals surface area contributed by atoms with E-state index in [-0.39, 0.29) is 30.0 Å². The molecule has 2 unspecified atom stereocenters. The SMILES string of the molecule is CC1=CC2=C(C(=O)C(CO)(CO)O2)C(C)C1c1cccc(COc2ccc3c(c2)OC[C@H]3CC(=O)O)c1. The minimum absolute atomic E-state index is 0.0323. The molecule has 1 aliphatic carbocycles. The number of benzene rings is 2. The van der Waals surface area contributed by atoms with E-state index in [1.54, 1.807) is 6.07 Å². The van der Waals surface area contributed by atoms with Gasteiger partial charge in [0.05, 0.1) is 26.2 Å². The molecule has 2 aliphatic heterocycles. The van der Waals surface area contributed by atoms with Crippen molar-refractivity contribution >= 4 is 11.8 Å². The van der Waals surface area contributed by atoms with E-state index in [4.69, 9.17) is 19.3 Å². The number of aliphatic hydroxyl groups is 2. The summed E-state index contributed by atoms with van der Waals surface area (Å²) < 4.78 is 17.5. The van der Waals surface area contributed by atoms with Crippen molar-refractivity contribution in [3.63, 3.8) is 0 Å². The molecule has 5 rings (SSSR count). The van der Waals surface area contributed by atoms with Crippen LogP contribution >= 0.6 is 0 Å². The van der Waals surface area contributed by atoms with Gasteiger partial charge in [-0.3, -0.25) is 9.59 Å². The Morgan fingerprint density at radius 1 is 1.16 bits per heavy atom. The molecule has 194 valence electrons. The molecule has 0 spiro atoms.